The second kappa shape index (κ2) is 5.72. The van der Waals surface area contributed by atoms with Crippen LogP contribution in [-0.2, 0) is 11.4 Å². The molecule has 1 heterocycles. The SMILES string of the molecule is CCOC(=O)c1ncc(OC(F)(F)F)c(CF)c1O. The molecule has 0 radical (unpaired) electrons. The van der Waals surface area contributed by atoms with Crippen molar-refractivity contribution in [1.29, 1.82) is 0 Å². The molecule has 1 aromatic heterocycles. The van der Waals surface area contributed by atoms with Crippen molar-refractivity contribution in [2.24, 2.45) is 0 Å². The number of pyridine rings is 1. The van der Waals surface area contributed by atoms with Gasteiger partial charge in [-0.25, -0.2) is 14.2 Å². The Labute approximate surface area is 104 Å². The maximum Gasteiger partial charge on any atom is 0.573 e. The molecule has 19 heavy (non-hydrogen) atoms. The molecule has 1 rings (SSSR count). The summed E-state index contributed by atoms with van der Waals surface area (Å²) >= 11 is 0. The Morgan fingerprint density at radius 1 is 1.47 bits per heavy atom. The van der Waals surface area contributed by atoms with Gasteiger partial charge in [0.2, 0.25) is 0 Å². The molecule has 106 valence electrons. The van der Waals surface area contributed by atoms with Crippen LogP contribution >= 0.6 is 0 Å². The minimum Gasteiger partial charge on any atom is -0.505 e. The van der Waals surface area contributed by atoms with Gasteiger partial charge in [0.25, 0.3) is 0 Å². The second-order valence-corrected chi connectivity index (χ2v) is 3.20. The first kappa shape index (κ1) is 15.0. The van der Waals surface area contributed by atoms with Crippen LogP contribution in [0.15, 0.2) is 6.20 Å². The number of esters is 1. The van der Waals surface area contributed by atoms with E-state index in [0.717, 1.165) is 0 Å². The van der Waals surface area contributed by atoms with E-state index in [2.05, 4.69) is 14.5 Å². The number of halogens is 4. The number of rotatable bonds is 4. The number of aromatic nitrogens is 1. The summed E-state index contributed by atoms with van der Waals surface area (Å²) in [5.41, 5.74) is -1.50. The first-order chi connectivity index (χ1) is 8.80. The van der Waals surface area contributed by atoms with E-state index in [1.54, 1.807) is 0 Å². The first-order valence-electron chi connectivity index (χ1n) is 4.99. The van der Waals surface area contributed by atoms with Gasteiger partial charge in [0.15, 0.2) is 17.2 Å². The van der Waals surface area contributed by atoms with E-state index in [9.17, 15) is 27.5 Å². The zero-order valence-corrected chi connectivity index (χ0v) is 9.62. The van der Waals surface area contributed by atoms with Crippen LogP contribution in [0.3, 0.4) is 0 Å². The van der Waals surface area contributed by atoms with Crippen molar-refractivity contribution in [2.45, 2.75) is 20.0 Å². The zero-order valence-electron chi connectivity index (χ0n) is 9.62. The van der Waals surface area contributed by atoms with E-state index < -0.39 is 41.8 Å². The van der Waals surface area contributed by atoms with Gasteiger partial charge < -0.3 is 14.6 Å². The number of carbonyl (C=O) groups is 1. The lowest BCUT2D eigenvalue weighted by Crippen LogP contribution is -2.19. The fourth-order valence-electron chi connectivity index (χ4n) is 1.21. The van der Waals surface area contributed by atoms with Gasteiger partial charge in [-0.2, -0.15) is 0 Å². The molecule has 1 aromatic rings. The fourth-order valence-corrected chi connectivity index (χ4v) is 1.21. The molecule has 0 aliphatic rings. The quantitative estimate of drug-likeness (QED) is 0.678. The number of ether oxygens (including phenoxy) is 2. The Morgan fingerprint density at radius 2 is 2.11 bits per heavy atom. The van der Waals surface area contributed by atoms with Gasteiger partial charge in [-0.3, -0.25) is 0 Å². The highest BCUT2D eigenvalue weighted by atomic mass is 19.4. The summed E-state index contributed by atoms with van der Waals surface area (Å²) in [7, 11) is 0. The van der Waals surface area contributed by atoms with E-state index in [1.165, 1.54) is 6.92 Å². The van der Waals surface area contributed by atoms with Crippen LogP contribution in [0.5, 0.6) is 11.5 Å². The van der Waals surface area contributed by atoms with E-state index in [1.807, 2.05) is 0 Å². The number of alkyl halides is 4. The zero-order chi connectivity index (χ0) is 14.6. The lowest BCUT2D eigenvalue weighted by molar-refractivity contribution is -0.275. The van der Waals surface area contributed by atoms with Crippen LogP contribution in [0, 0.1) is 0 Å². The molecule has 0 atom stereocenters. The number of hydrogen-bond acceptors (Lipinski definition) is 5. The summed E-state index contributed by atoms with van der Waals surface area (Å²) in [6.45, 7) is -0.0238. The van der Waals surface area contributed by atoms with Crippen molar-refractivity contribution in [1.82, 2.24) is 4.98 Å². The van der Waals surface area contributed by atoms with Gasteiger partial charge >= 0.3 is 12.3 Å². The highest BCUT2D eigenvalue weighted by Crippen LogP contribution is 2.34. The molecule has 1 N–H and O–H groups in total. The molecular formula is C10H9F4NO4. The largest absolute Gasteiger partial charge is 0.573 e. The fraction of sp³-hybridized carbons (Fsp3) is 0.400. The molecule has 0 aromatic carbocycles. The van der Waals surface area contributed by atoms with Crippen molar-refractivity contribution < 1.29 is 36.9 Å². The average Bonchev–Trinajstić information content (AvgIpc) is 2.27. The predicted octanol–water partition coefficient (Wildman–Crippen LogP) is 2.33. The number of nitrogens with zero attached hydrogens (tertiary/aromatic N) is 1. The Balaban J connectivity index is 3.19. The molecule has 0 amide bonds. The van der Waals surface area contributed by atoms with Crippen LogP contribution in [0.4, 0.5) is 17.6 Å². The van der Waals surface area contributed by atoms with Gasteiger partial charge in [-0.1, -0.05) is 0 Å². The van der Waals surface area contributed by atoms with Gasteiger partial charge in [0.1, 0.15) is 6.67 Å². The molecule has 0 saturated heterocycles. The van der Waals surface area contributed by atoms with Crippen LogP contribution in [0.2, 0.25) is 0 Å². The summed E-state index contributed by atoms with van der Waals surface area (Å²) in [6.07, 6.45) is -4.57. The molecule has 0 saturated carbocycles. The molecule has 0 unspecified atom stereocenters. The van der Waals surface area contributed by atoms with Crippen molar-refractivity contribution in [2.75, 3.05) is 6.61 Å². The van der Waals surface area contributed by atoms with Gasteiger partial charge in [0, 0.05) is 0 Å². The van der Waals surface area contributed by atoms with E-state index in [4.69, 9.17) is 0 Å². The van der Waals surface area contributed by atoms with Gasteiger partial charge in [-0.05, 0) is 6.92 Å². The summed E-state index contributed by atoms with van der Waals surface area (Å²) in [5.74, 6) is -3.13. The monoisotopic (exact) mass is 283 g/mol. The normalized spacial score (nSPS) is 11.2. The van der Waals surface area contributed by atoms with E-state index in [0.29, 0.717) is 6.20 Å². The van der Waals surface area contributed by atoms with Gasteiger partial charge in [0.05, 0.1) is 18.4 Å². The molecule has 0 spiro atoms. The predicted molar refractivity (Wildman–Crippen MR) is 53.4 cm³/mol. The standard InChI is InChI=1S/C10H9F4NO4/c1-2-18-9(17)7-8(16)5(3-11)6(4-15-7)19-10(12,13)14/h4,16H,2-3H2,1H3. The van der Waals surface area contributed by atoms with Crippen LogP contribution < -0.4 is 4.74 Å². The van der Waals surface area contributed by atoms with Crippen molar-refractivity contribution in [3.05, 3.63) is 17.5 Å². The van der Waals surface area contributed by atoms with Crippen molar-refractivity contribution in [3.8, 4) is 11.5 Å². The molecule has 0 aliphatic carbocycles. The van der Waals surface area contributed by atoms with Crippen molar-refractivity contribution in [3.63, 3.8) is 0 Å². The summed E-state index contributed by atoms with van der Waals surface area (Å²) in [5, 5.41) is 9.51. The Hall–Kier alpha value is -2.06. The van der Waals surface area contributed by atoms with Crippen LogP contribution in [0.25, 0.3) is 0 Å². The first-order valence-corrected chi connectivity index (χ1v) is 4.99. The van der Waals surface area contributed by atoms with Crippen molar-refractivity contribution >= 4 is 5.97 Å². The molecular weight excluding hydrogens is 274 g/mol. The third-order valence-corrected chi connectivity index (χ3v) is 1.95. The third kappa shape index (κ3) is 3.70. The Morgan fingerprint density at radius 3 is 2.58 bits per heavy atom. The number of carbonyl (C=O) groups excluding carboxylic acids is 1. The molecule has 0 fully saturated rings. The highest BCUT2D eigenvalue weighted by Gasteiger charge is 2.34. The number of aromatic hydroxyl groups is 1. The maximum absolute atomic E-state index is 12.7. The minimum atomic E-state index is -5.07. The van der Waals surface area contributed by atoms with E-state index >= 15 is 0 Å². The highest BCUT2D eigenvalue weighted by molar-refractivity contribution is 5.90. The Kier molecular flexibility index (Phi) is 4.52. The second-order valence-electron chi connectivity index (χ2n) is 3.20. The summed E-state index contributed by atoms with van der Waals surface area (Å²) in [6, 6.07) is 0. The average molecular weight is 283 g/mol. The minimum absolute atomic E-state index is 0.0360. The third-order valence-electron chi connectivity index (χ3n) is 1.95. The van der Waals surface area contributed by atoms with Gasteiger partial charge in [-0.15, -0.1) is 13.2 Å². The summed E-state index contributed by atoms with van der Waals surface area (Å²) in [4.78, 5) is 14.6. The van der Waals surface area contributed by atoms with Crippen LogP contribution in [-0.4, -0.2) is 29.0 Å². The van der Waals surface area contributed by atoms with E-state index in [-0.39, 0.29) is 6.61 Å². The maximum atomic E-state index is 12.7. The molecule has 0 bridgehead atoms. The lowest BCUT2D eigenvalue weighted by atomic mass is 10.2. The number of hydrogen-bond donors (Lipinski definition) is 1. The molecule has 9 heteroatoms. The smallest absolute Gasteiger partial charge is 0.505 e. The van der Waals surface area contributed by atoms with Crippen LogP contribution in [0.1, 0.15) is 23.0 Å². The summed E-state index contributed by atoms with van der Waals surface area (Å²) < 4.78 is 56.7. The Bertz CT molecular complexity index is 475. The molecule has 0 aliphatic heterocycles. The molecule has 5 nitrogen and oxygen atoms in total. The lowest BCUT2D eigenvalue weighted by Gasteiger charge is -2.13. The topological polar surface area (TPSA) is 68.7 Å².